The third-order valence-corrected chi connectivity index (χ3v) is 7.06. The van der Waals surface area contributed by atoms with Crippen LogP contribution >= 0.6 is 23.7 Å². The van der Waals surface area contributed by atoms with Crippen molar-refractivity contribution >= 4 is 45.4 Å². The molecule has 0 aliphatic carbocycles. The van der Waals surface area contributed by atoms with Gasteiger partial charge >= 0.3 is 0 Å². The second-order valence-corrected chi connectivity index (χ2v) is 8.86. The van der Waals surface area contributed by atoms with Crippen LogP contribution in [0.2, 0.25) is 0 Å². The fraction of sp³-hybridized carbons (Fsp3) is 0.353. The van der Waals surface area contributed by atoms with E-state index < -0.39 is 10.0 Å². The smallest absolute Gasteiger partial charge is 0.271 e. The predicted molar refractivity (Wildman–Crippen MR) is 107 cm³/mol. The largest absolute Gasteiger partial charge is 0.334 e. The number of benzene rings is 1. The van der Waals surface area contributed by atoms with Crippen LogP contribution in [0.25, 0.3) is 0 Å². The fourth-order valence-corrected chi connectivity index (χ4v) is 5.06. The minimum atomic E-state index is -3.63. The molecule has 9 heteroatoms. The van der Waals surface area contributed by atoms with E-state index in [4.69, 9.17) is 5.73 Å². The molecular weight excluding hydrogens is 394 g/mol. The number of nitrogens with zero attached hydrogens (tertiary/aromatic N) is 1. The lowest BCUT2D eigenvalue weighted by Gasteiger charge is -2.35. The van der Waals surface area contributed by atoms with Crippen LogP contribution in [0.15, 0.2) is 46.0 Å². The summed E-state index contributed by atoms with van der Waals surface area (Å²) >= 11 is 1.15. The molecule has 1 aliphatic rings. The zero-order valence-electron chi connectivity index (χ0n) is 14.1. The zero-order chi connectivity index (χ0) is 17.9. The van der Waals surface area contributed by atoms with Gasteiger partial charge in [-0.25, -0.2) is 8.42 Å². The summed E-state index contributed by atoms with van der Waals surface area (Å²) in [6.07, 6.45) is 2.95. The third-order valence-electron chi connectivity index (χ3n) is 4.28. The summed E-state index contributed by atoms with van der Waals surface area (Å²) in [5.41, 5.74) is 6.63. The second kappa shape index (κ2) is 8.85. The van der Waals surface area contributed by atoms with Crippen LogP contribution in [0.3, 0.4) is 0 Å². The Kier molecular flexibility index (Phi) is 7.05. The number of piperidine rings is 1. The van der Waals surface area contributed by atoms with Gasteiger partial charge in [0.05, 0.1) is 0 Å². The summed E-state index contributed by atoms with van der Waals surface area (Å²) in [7, 11) is -3.63. The molecule has 0 spiro atoms. The van der Waals surface area contributed by atoms with Gasteiger partial charge in [0.15, 0.2) is 0 Å². The van der Waals surface area contributed by atoms with Gasteiger partial charge in [-0.05, 0) is 48.9 Å². The Morgan fingerprint density at radius 2 is 2.08 bits per heavy atom. The van der Waals surface area contributed by atoms with Crippen molar-refractivity contribution in [1.29, 1.82) is 0 Å². The maximum absolute atomic E-state index is 12.8. The summed E-state index contributed by atoms with van der Waals surface area (Å²) in [5.74, 6) is -0.104. The van der Waals surface area contributed by atoms with Gasteiger partial charge < -0.3 is 10.6 Å². The maximum Gasteiger partial charge on any atom is 0.271 e. The number of nitrogens with one attached hydrogen (secondary N) is 1. The maximum atomic E-state index is 12.8. The van der Waals surface area contributed by atoms with Crippen LogP contribution in [-0.4, -0.2) is 38.4 Å². The highest BCUT2D eigenvalue weighted by Gasteiger charge is 2.26. The number of thiophene rings is 1. The molecule has 3 N–H and O–H groups in total. The SMILES string of the molecule is Cl.NCC1CCCCN1C(=O)c1cccc(NS(=O)(=O)c2cccs2)c1. The first-order valence-corrected chi connectivity index (χ1v) is 10.5. The van der Waals surface area contributed by atoms with Gasteiger partial charge in [0, 0.05) is 30.4 Å². The summed E-state index contributed by atoms with van der Waals surface area (Å²) in [6, 6.07) is 9.87. The van der Waals surface area contributed by atoms with Gasteiger partial charge in [-0.1, -0.05) is 12.1 Å². The van der Waals surface area contributed by atoms with Gasteiger partial charge in [0.1, 0.15) is 4.21 Å². The molecule has 1 amide bonds. The Labute approximate surface area is 163 Å². The summed E-state index contributed by atoms with van der Waals surface area (Å²) < 4.78 is 27.4. The lowest BCUT2D eigenvalue weighted by Crippen LogP contribution is -2.47. The number of likely N-dealkylation sites (tertiary alicyclic amines) is 1. The van der Waals surface area contributed by atoms with E-state index in [1.165, 1.54) is 0 Å². The average molecular weight is 416 g/mol. The van der Waals surface area contributed by atoms with E-state index in [0.717, 1.165) is 30.6 Å². The van der Waals surface area contributed by atoms with Crippen molar-refractivity contribution in [3.63, 3.8) is 0 Å². The van der Waals surface area contributed by atoms with Crippen LogP contribution < -0.4 is 10.5 Å². The molecule has 0 bridgehead atoms. The van der Waals surface area contributed by atoms with Crippen molar-refractivity contribution in [3.8, 4) is 0 Å². The topological polar surface area (TPSA) is 92.5 Å². The molecule has 0 radical (unpaired) electrons. The van der Waals surface area contributed by atoms with Crippen LogP contribution in [0.1, 0.15) is 29.6 Å². The van der Waals surface area contributed by atoms with Gasteiger partial charge in [-0.15, -0.1) is 23.7 Å². The highest BCUT2D eigenvalue weighted by atomic mass is 35.5. The zero-order valence-corrected chi connectivity index (χ0v) is 16.6. The molecule has 0 saturated carbocycles. The van der Waals surface area contributed by atoms with Crippen LogP contribution in [0.4, 0.5) is 5.69 Å². The van der Waals surface area contributed by atoms with E-state index in [2.05, 4.69) is 4.72 Å². The molecule has 1 aromatic heterocycles. The molecule has 3 rings (SSSR count). The highest BCUT2D eigenvalue weighted by molar-refractivity contribution is 7.94. The number of hydrogen-bond donors (Lipinski definition) is 2. The number of rotatable bonds is 5. The van der Waals surface area contributed by atoms with Crippen molar-refractivity contribution in [2.75, 3.05) is 17.8 Å². The van der Waals surface area contributed by atoms with Gasteiger partial charge in [0.2, 0.25) is 0 Å². The molecule has 142 valence electrons. The minimum absolute atomic E-state index is 0. The standard InChI is InChI=1S/C17H21N3O3S2.ClH/c18-12-15-7-1-2-9-20(15)17(21)13-5-3-6-14(11-13)19-25(22,23)16-8-4-10-24-16;/h3-6,8,10-11,15,19H,1-2,7,9,12,18H2;1H. The quantitative estimate of drug-likeness (QED) is 0.785. The Bertz CT molecular complexity index is 841. The van der Waals surface area contributed by atoms with Gasteiger partial charge in [0.25, 0.3) is 15.9 Å². The number of sulfonamides is 1. The van der Waals surface area contributed by atoms with Crippen LogP contribution in [0, 0.1) is 0 Å². The average Bonchev–Trinajstić information content (AvgIpc) is 3.16. The Hall–Kier alpha value is -1.61. The summed E-state index contributed by atoms with van der Waals surface area (Å²) in [5, 5.41) is 1.71. The molecule has 2 heterocycles. The number of anilines is 1. The van der Waals surface area contributed by atoms with E-state index in [9.17, 15) is 13.2 Å². The first-order chi connectivity index (χ1) is 12.0. The van der Waals surface area contributed by atoms with Crippen molar-refractivity contribution in [1.82, 2.24) is 4.90 Å². The lowest BCUT2D eigenvalue weighted by molar-refractivity contribution is 0.0623. The van der Waals surface area contributed by atoms with Crippen LogP contribution in [-0.2, 0) is 10.0 Å². The molecule has 26 heavy (non-hydrogen) atoms. The van der Waals surface area contributed by atoms with Crippen molar-refractivity contribution in [3.05, 3.63) is 47.3 Å². The summed E-state index contributed by atoms with van der Waals surface area (Å²) in [4.78, 5) is 14.6. The van der Waals surface area contributed by atoms with Crippen LogP contribution in [0.5, 0.6) is 0 Å². The lowest BCUT2D eigenvalue weighted by atomic mass is 10.0. The predicted octanol–water partition coefficient (Wildman–Crippen LogP) is 2.92. The summed E-state index contributed by atoms with van der Waals surface area (Å²) in [6.45, 7) is 1.13. The first kappa shape index (κ1) is 20.7. The number of amides is 1. The van der Waals surface area contributed by atoms with E-state index in [-0.39, 0.29) is 28.6 Å². The molecule has 1 unspecified atom stereocenters. The Morgan fingerprint density at radius 1 is 1.27 bits per heavy atom. The number of carbonyl (C=O) groups excluding carboxylic acids is 1. The van der Waals surface area contributed by atoms with Crippen molar-refractivity contribution in [2.24, 2.45) is 5.73 Å². The number of hydrogen-bond acceptors (Lipinski definition) is 5. The molecule has 2 aromatic rings. The third kappa shape index (κ3) is 4.56. The highest BCUT2D eigenvalue weighted by Crippen LogP contribution is 2.23. The minimum Gasteiger partial charge on any atom is -0.334 e. The second-order valence-electron chi connectivity index (χ2n) is 6.00. The number of nitrogens with two attached hydrogens (primary N) is 1. The van der Waals surface area contributed by atoms with Gasteiger partial charge in [-0.2, -0.15) is 0 Å². The Balaban J connectivity index is 0.00000243. The van der Waals surface area contributed by atoms with Crippen molar-refractivity contribution in [2.45, 2.75) is 29.5 Å². The van der Waals surface area contributed by atoms with E-state index in [1.807, 2.05) is 0 Å². The van der Waals surface area contributed by atoms with E-state index in [1.54, 1.807) is 46.7 Å². The van der Waals surface area contributed by atoms with E-state index in [0.29, 0.717) is 24.3 Å². The fourth-order valence-electron chi connectivity index (χ4n) is 3.02. The van der Waals surface area contributed by atoms with Crippen molar-refractivity contribution < 1.29 is 13.2 Å². The molecule has 1 atom stereocenters. The number of carbonyl (C=O) groups is 1. The van der Waals surface area contributed by atoms with E-state index >= 15 is 0 Å². The normalized spacial score (nSPS) is 17.4. The molecule has 1 fully saturated rings. The molecular formula is C17H22ClN3O3S2. The molecule has 6 nitrogen and oxygen atoms in total. The van der Waals surface area contributed by atoms with Gasteiger partial charge in [-0.3, -0.25) is 9.52 Å². The number of halogens is 1. The molecule has 1 aliphatic heterocycles. The molecule has 1 aromatic carbocycles. The molecule has 1 saturated heterocycles. The monoisotopic (exact) mass is 415 g/mol. The first-order valence-electron chi connectivity index (χ1n) is 8.19. The Morgan fingerprint density at radius 3 is 2.77 bits per heavy atom.